The molecule has 0 aliphatic carbocycles. The number of sulfonamides is 1. The van der Waals surface area contributed by atoms with E-state index in [1.807, 2.05) is 24.3 Å². The van der Waals surface area contributed by atoms with Crippen LogP contribution in [0, 0.1) is 0 Å². The molecule has 0 aliphatic rings. The molecule has 24 heavy (non-hydrogen) atoms. The molecule has 1 N–H and O–H groups in total. The van der Waals surface area contributed by atoms with E-state index in [0.29, 0.717) is 6.54 Å². The lowest BCUT2D eigenvalue weighted by Crippen LogP contribution is -2.38. The molecule has 2 rings (SSSR count). The van der Waals surface area contributed by atoms with Crippen molar-refractivity contribution in [3.8, 4) is 0 Å². The third kappa shape index (κ3) is 5.14. The molecule has 5 nitrogen and oxygen atoms in total. The highest BCUT2D eigenvalue weighted by Gasteiger charge is 2.22. The first-order valence-electron chi connectivity index (χ1n) is 7.02. The number of likely N-dealkylation sites (N-methyl/N-ethyl adjacent to an activating group) is 1. The Bertz CT molecular complexity index is 823. The summed E-state index contributed by atoms with van der Waals surface area (Å²) in [6, 6.07) is 13.8. The van der Waals surface area contributed by atoms with Gasteiger partial charge in [-0.05, 0) is 42.0 Å². The van der Waals surface area contributed by atoms with Gasteiger partial charge in [-0.1, -0.05) is 44.0 Å². The molecule has 2 aromatic rings. The van der Waals surface area contributed by atoms with Gasteiger partial charge in [0.05, 0.1) is 11.4 Å². The largest absolute Gasteiger partial charge is 0.351 e. The molecule has 0 heterocycles. The van der Waals surface area contributed by atoms with Gasteiger partial charge in [0.1, 0.15) is 0 Å². The Morgan fingerprint density at radius 3 is 2.38 bits per heavy atom. The summed E-state index contributed by atoms with van der Waals surface area (Å²) in [4.78, 5) is 12.2. The van der Waals surface area contributed by atoms with Crippen LogP contribution in [0.2, 0.25) is 0 Å². The van der Waals surface area contributed by atoms with E-state index in [1.54, 1.807) is 12.1 Å². The summed E-state index contributed by atoms with van der Waals surface area (Å²) in [7, 11) is -2.31. The molecule has 0 bridgehead atoms. The standard InChI is InChI=1S/C16H16Br2N2O3S/c1-20(24(22,23)15-7-5-13(17)6-8-15)11-16(21)19-10-12-3-2-4-14(18)9-12/h2-9H,10-11H2,1H3,(H,19,21). The van der Waals surface area contributed by atoms with Gasteiger partial charge in [-0.15, -0.1) is 0 Å². The third-order valence-corrected chi connectivity index (χ3v) is 6.11. The molecule has 1 amide bonds. The van der Waals surface area contributed by atoms with Crippen LogP contribution in [0.25, 0.3) is 0 Å². The maximum absolute atomic E-state index is 12.4. The number of rotatable bonds is 6. The molecule has 128 valence electrons. The minimum Gasteiger partial charge on any atom is -0.351 e. The predicted octanol–water partition coefficient (Wildman–Crippen LogP) is 3.15. The number of hydrogen-bond acceptors (Lipinski definition) is 3. The summed E-state index contributed by atoms with van der Waals surface area (Å²) in [6.07, 6.45) is 0. The Morgan fingerprint density at radius 1 is 1.08 bits per heavy atom. The lowest BCUT2D eigenvalue weighted by atomic mass is 10.2. The second-order valence-electron chi connectivity index (χ2n) is 5.12. The molecule has 0 unspecified atom stereocenters. The van der Waals surface area contributed by atoms with Crippen LogP contribution in [-0.4, -0.2) is 32.2 Å². The molecule has 2 aromatic carbocycles. The van der Waals surface area contributed by atoms with Crippen LogP contribution in [0.1, 0.15) is 5.56 Å². The van der Waals surface area contributed by atoms with Crippen molar-refractivity contribution in [1.29, 1.82) is 0 Å². The number of nitrogens with zero attached hydrogens (tertiary/aromatic N) is 1. The Kier molecular flexibility index (Phi) is 6.56. The lowest BCUT2D eigenvalue weighted by molar-refractivity contribution is -0.121. The van der Waals surface area contributed by atoms with E-state index >= 15 is 0 Å². The van der Waals surface area contributed by atoms with Gasteiger partial charge in [0.15, 0.2) is 0 Å². The van der Waals surface area contributed by atoms with Crippen molar-refractivity contribution in [1.82, 2.24) is 9.62 Å². The molecular formula is C16H16Br2N2O3S. The first-order chi connectivity index (χ1) is 11.3. The van der Waals surface area contributed by atoms with Gasteiger partial charge in [0.25, 0.3) is 0 Å². The number of carbonyl (C=O) groups excluding carboxylic acids is 1. The van der Waals surface area contributed by atoms with Gasteiger partial charge in [-0.3, -0.25) is 4.79 Å². The Labute approximate surface area is 158 Å². The van der Waals surface area contributed by atoms with Crippen molar-refractivity contribution in [2.24, 2.45) is 0 Å². The zero-order valence-corrected chi connectivity index (χ0v) is 16.9. The smallest absolute Gasteiger partial charge is 0.243 e. The van der Waals surface area contributed by atoms with Gasteiger partial charge < -0.3 is 5.32 Å². The highest BCUT2D eigenvalue weighted by Crippen LogP contribution is 2.17. The summed E-state index contributed by atoms with van der Waals surface area (Å²) in [5.74, 6) is -0.363. The van der Waals surface area contributed by atoms with Crippen LogP contribution >= 0.6 is 31.9 Å². The highest BCUT2D eigenvalue weighted by molar-refractivity contribution is 9.10. The summed E-state index contributed by atoms with van der Waals surface area (Å²) in [5, 5.41) is 2.72. The Morgan fingerprint density at radius 2 is 1.75 bits per heavy atom. The van der Waals surface area contributed by atoms with E-state index < -0.39 is 10.0 Å². The van der Waals surface area contributed by atoms with E-state index in [2.05, 4.69) is 37.2 Å². The van der Waals surface area contributed by atoms with E-state index in [9.17, 15) is 13.2 Å². The van der Waals surface area contributed by atoms with E-state index in [1.165, 1.54) is 19.2 Å². The minimum atomic E-state index is -3.70. The fourth-order valence-electron chi connectivity index (χ4n) is 1.98. The minimum absolute atomic E-state index is 0.146. The van der Waals surface area contributed by atoms with E-state index in [4.69, 9.17) is 0 Å². The average molecular weight is 476 g/mol. The SMILES string of the molecule is CN(CC(=O)NCc1cccc(Br)c1)S(=O)(=O)c1ccc(Br)cc1. The van der Waals surface area contributed by atoms with Crippen molar-refractivity contribution in [2.45, 2.75) is 11.4 Å². The molecule has 0 saturated carbocycles. The van der Waals surface area contributed by atoms with Crippen molar-refractivity contribution in [3.05, 3.63) is 63.0 Å². The number of nitrogens with one attached hydrogen (secondary N) is 1. The maximum atomic E-state index is 12.4. The first-order valence-corrected chi connectivity index (χ1v) is 10.0. The Hall–Kier alpha value is -1.22. The zero-order valence-electron chi connectivity index (χ0n) is 12.9. The van der Waals surface area contributed by atoms with E-state index in [0.717, 1.165) is 18.8 Å². The highest BCUT2D eigenvalue weighted by atomic mass is 79.9. The van der Waals surface area contributed by atoms with Crippen molar-refractivity contribution in [2.75, 3.05) is 13.6 Å². The van der Waals surface area contributed by atoms with E-state index in [-0.39, 0.29) is 17.3 Å². The topological polar surface area (TPSA) is 66.5 Å². The number of carbonyl (C=O) groups is 1. The molecule has 0 aromatic heterocycles. The molecular weight excluding hydrogens is 460 g/mol. The average Bonchev–Trinajstić information content (AvgIpc) is 2.53. The number of benzene rings is 2. The van der Waals surface area contributed by atoms with Gasteiger partial charge in [0, 0.05) is 22.5 Å². The predicted molar refractivity (Wildman–Crippen MR) is 99.9 cm³/mol. The maximum Gasteiger partial charge on any atom is 0.243 e. The fourth-order valence-corrected chi connectivity index (χ4v) is 3.82. The van der Waals surface area contributed by atoms with Gasteiger partial charge in [-0.25, -0.2) is 8.42 Å². The number of halogens is 2. The molecule has 0 fully saturated rings. The molecule has 0 aliphatic heterocycles. The second-order valence-corrected chi connectivity index (χ2v) is 9.00. The summed E-state index contributed by atoms with van der Waals surface area (Å²) >= 11 is 6.62. The lowest BCUT2D eigenvalue weighted by Gasteiger charge is -2.17. The van der Waals surface area contributed by atoms with Crippen molar-refractivity contribution >= 4 is 47.8 Å². The quantitative estimate of drug-likeness (QED) is 0.697. The first kappa shape index (κ1) is 19.1. The number of amides is 1. The van der Waals surface area contributed by atoms with Gasteiger partial charge >= 0.3 is 0 Å². The van der Waals surface area contributed by atoms with Gasteiger partial charge in [0.2, 0.25) is 15.9 Å². The molecule has 0 radical (unpaired) electrons. The van der Waals surface area contributed by atoms with Crippen molar-refractivity contribution in [3.63, 3.8) is 0 Å². The fraction of sp³-hybridized carbons (Fsp3) is 0.188. The van der Waals surface area contributed by atoms with Crippen LogP contribution in [0.3, 0.4) is 0 Å². The third-order valence-electron chi connectivity index (χ3n) is 3.27. The van der Waals surface area contributed by atoms with Crippen LogP contribution in [0.15, 0.2) is 62.4 Å². The zero-order chi connectivity index (χ0) is 17.7. The number of hydrogen-bond donors (Lipinski definition) is 1. The van der Waals surface area contributed by atoms with Crippen LogP contribution < -0.4 is 5.32 Å². The normalized spacial score (nSPS) is 11.5. The molecule has 0 saturated heterocycles. The van der Waals surface area contributed by atoms with Crippen LogP contribution in [0.5, 0.6) is 0 Å². The molecule has 8 heteroatoms. The van der Waals surface area contributed by atoms with Crippen LogP contribution in [-0.2, 0) is 21.4 Å². The second kappa shape index (κ2) is 8.24. The van der Waals surface area contributed by atoms with Crippen molar-refractivity contribution < 1.29 is 13.2 Å². The summed E-state index contributed by atoms with van der Waals surface area (Å²) in [6.45, 7) is 0.0941. The van der Waals surface area contributed by atoms with Crippen LogP contribution in [0.4, 0.5) is 0 Å². The summed E-state index contributed by atoms with van der Waals surface area (Å²) in [5.41, 5.74) is 0.927. The Balaban J connectivity index is 1.96. The molecule has 0 atom stereocenters. The monoisotopic (exact) mass is 474 g/mol. The summed E-state index contributed by atoms with van der Waals surface area (Å²) < 4.78 is 27.6. The molecule has 0 spiro atoms. The van der Waals surface area contributed by atoms with Gasteiger partial charge in [-0.2, -0.15) is 4.31 Å².